The Labute approximate surface area is 158 Å². The summed E-state index contributed by atoms with van der Waals surface area (Å²) >= 11 is 0. The molecule has 0 saturated heterocycles. The number of halogens is 1. The lowest BCUT2D eigenvalue weighted by Gasteiger charge is -2.25. The molecule has 0 spiro atoms. The predicted molar refractivity (Wildman–Crippen MR) is 101 cm³/mol. The van der Waals surface area contributed by atoms with Gasteiger partial charge in [0.1, 0.15) is 18.0 Å². The Balaban J connectivity index is 1.85. The lowest BCUT2D eigenvalue weighted by Crippen LogP contribution is -2.32. The van der Waals surface area contributed by atoms with Crippen molar-refractivity contribution >= 4 is 16.5 Å². The van der Waals surface area contributed by atoms with Crippen molar-refractivity contribution in [3.63, 3.8) is 0 Å². The zero-order valence-electron chi connectivity index (χ0n) is 14.8. The number of hydrogen-bond donors (Lipinski definition) is 3. The van der Waals surface area contributed by atoms with Crippen LogP contribution < -0.4 is 16.4 Å². The summed E-state index contributed by atoms with van der Waals surface area (Å²) < 4.78 is 15.8. The zero-order valence-corrected chi connectivity index (χ0v) is 14.8. The molecule has 28 heavy (non-hydrogen) atoms. The molecule has 4 aromatic rings. The second kappa shape index (κ2) is 6.24. The van der Waals surface area contributed by atoms with E-state index in [0.717, 1.165) is 5.56 Å². The van der Waals surface area contributed by atoms with Crippen molar-refractivity contribution in [3.05, 3.63) is 82.0 Å². The third-order valence-electron chi connectivity index (χ3n) is 5.06. The Hall–Kier alpha value is -3.59. The molecule has 5 rings (SSSR count). The maximum atomic E-state index is 14.1. The van der Waals surface area contributed by atoms with E-state index in [0.29, 0.717) is 22.6 Å². The molecule has 2 unspecified atom stereocenters. The van der Waals surface area contributed by atoms with Crippen molar-refractivity contribution in [2.45, 2.75) is 12.0 Å². The Morgan fingerprint density at radius 3 is 2.75 bits per heavy atom. The van der Waals surface area contributed by atoms with Crippen molar-refractivity contribution < 1.29 is 4.39 Å². The number of rotatable bonds is 2. The summed E-state index contributed by atoms with van der Waals surface area (Å²) in [6, 6.07) is 12.1. The zero-order chi connectivity index (χ0) is 19.3. The van der Waals surface area contributed by atoms with E-state index in [2.05, 4.69) is 31.1 Å². The molecule has 1 aliphatic rings. The molecule has 0 aliphatic carbocycles. The maximum absolute atomic E-state index is 14.1. The molecule has 1 aliphatic heterocycles. The number of anilines is 1. The molecule has 0 saturated carbocycles. The SMILES string of the molecule is Cn1ncnc1C1c2n[nH]c(=O)c3cc(F)cc(c23)NNC1c1ccccc1. The number of aromatic amines is 1. The van der Waals surface area contributed by atoms with Gasteiger partial charge in [-0.25, -0.2) is 19.9 Å². The molecule has 2 aromatic carbocycles. The fourth-order valence-electron chi connectivity index (χ4n) is 3.80. The molecule has 3 heterocycles. The van der Waals surface area contributed by atoms with Crippen LogP contribution in [0.25, 0.3) is 10.8 Å². The van der Waals surface area contributed by atoms with Gasteiger partial charge < -0.3 is 5.43 Å². The van der Waals surface area contributed by atoms with Crippen molar-refractivity contribution in [1.82, 2.24) is 30.4 Å². The first-order chi connectivity index (χ1) is 13.6. The van der Waals surface area contributed by atoms with Gasteiger partial charge in [0.25, 0.3) is 5.56 Å². The van der Waals surface area contributed by atoms with E-state index >= 15 is 0 Å². The van der Waals surface area contributed by atoms with Crippen LogP contribution in [0.4, 0.5) is 10.1 Å². The highest BCUT2D eigenvalue weighted by Gasteiger charge is 2.36. The summed E-state index contributed by atoms with van der Waals surface area (Å²) in [5, 5.41) is 11.9. The first-order valence-corrected chi connectivity index (χ1v) is 8.75. The number of benzene rings is 2. The number of nitrogens with zero attached hydrogens (tertiary/aromatic N) is 4. The van der Waals surface area contributed by atoms with E-state index in [1.807, 2.05) is 30.3 Å². The molecule has 8 nitrogen and oxygen atoms in total. The second-order valence-corrected chi connectivity index (χ2v) is 6.69. The predicted octanol–water partition coefficient (Wildman–Crippen LogP) is 1.99. The third kappa shape index (κ3) is 2.48. The Morgan fingerprint density at radius 2 is 2.00 bits per heavy atom. The molecule has 0 radical (unpaired) electrons. The number of hydrogen-bond acceptors (Lipinski definition) is 6. The van der Waals surface area contributed by atoms with Crippen LogP contribution in [0.15, 0.2) is 53.6 Å². The second-order valence-electron chi connectivity index (χ2n) is 6.69. The van der Waals surface area contributed by atoms with Crippen LogP contribution in [0.2, 0.25) is 0 Å². The fourth-order valence-corrected chi connectivity index (χ4v) is 3.80. The first-order valence-electron chi connectivity index (χ1n) is 8.75. The van der Waals surface area contributed by atoms with E-state index < -0.39 is 11.4 Å². The van der Waals surface area contributed by atoms with Crippen molar-refractivity contribution in [1.29, 1.82) is 0 Å². The normalized spacial score (nSPS) is 18.6. The number of hydrazine groups is 1. The lowest BCUT2D eigenvalue weighted by atomic mass is 9.88. The minimum absolute atomic E-state index is 0.232. The van der Waals surface area contributed by atoms with Crippen LogP contribution in [0, 0.1) is 5.82 Å². The quantitative estimate of drug-likeness (QED) is 0.494. The average Bonchev–Trinajstić information content (AvgIpc) is 3.05. The summed E-state index contributed by atoms with van der Waals surface area (Å²) in [5.41, 5.74) is 7.92. The van der Waals surface area contributed by atoms with Crippen molar-refractivity contribution in [2.75, 3.05) is 5.43 Å². The van der Waals surface area contributed by atoms with Crippen LogP contribution in [0.5, 0.6) is 0 Å². The molecule has 2 atom stereocenters. The Morgan fingerprint density at radius 1 is 1.18 bits per heavy atom. The molecule has 0 amide bonds. The van der Waals surface area contributed by atoms with Gasteiger partial charge in [-0.05, 0) is 17.7 Å². The van der Waals surface area contributed by atoms with Gasteiger partial charge in [-0.3, -0.25) is 9.48 Å². The van der Waals surface area contributed by atoms with Crippen LogP contribution in [-0.4, -0.2) is 25.0 Å². The Kier molecular flexibility index (Phi) is 3.69. The van der Waals surface area contributed by atoms with E-state index in [1.54, 1.807) is 11.7 Å². The monoisotopic (exact) mass is 377 g/mol. The highest BCUT2D eigenvalue weighted by molar-refractivity contribution is 5.96. The standard InChI is InChI=1S/C19H16FN7O/c1-27-18(21-9-22-27)15-16(10-5-3-2-4-6-10)24-23-13-8-11(20)7-12-14(13)17(15)25-26-19(12)28/h2-9,15-16,23-24H,1H3,(H,26,28). The molecule has 0 fully saturated rings. The summed E-state index contributed by atoms with van der Waals surface area (Å²) in [6.45, 7) is 0. The smallest absolute Gasteiger partial charge is 0.272 e. The van der Waals surface area contributed by atoms with Crippen LogP contribution >= 0.6 is 0 Å². The van der Waals surface area contributed by atoms with E-state index in [9.17, 15) is 9.18 Å². The molecule has 9 heteroatoms. The van der Waals surface area contributed by atoms with Gasteiger partial charge in [0.05, 0.1) is 28.7 Å². The van der Waals surface area contributed by atoms with Gasteiger partial charge in [0.2, 0.25) is 0 Å². The number of aromatic nitrogens is 5. The summed E-state index contributed by atoms with van der Waals surface area (Å²) in [6.07, 6.45) is 1.48. The fraction of sp³-hybridized carbons (Fsp3) is 0.158. The van der Waals surface area contributed by atoms with E-state index in [-0.39, 0.29) is 17.3 Å². The van der Waals surface area contributed by atoms with Gasteiger partial charge in [0, 0.05) is 12.4 Å². The van der Waals surface area contributed by atoms with Gasteiger partial charge in [-0.15, -0.1) is 0 Å². The maximum Gasteiger partial charge on any atom is 0.272 e. The molecular weight excluding hydrogens is 361 g/mol. The van der Waals surface area contributed by atoms with Gasteiger partial charge >= 0.3 is 0 Å². The molecule has 0 bridgehead atoms. The topological polar surface area (TPSA) is 101 Å². The van der Waals surface area contributed by atoms with E-state index in [1.165, 1.54) is 18.5 Å². The summed E-state index contributed by atoms with van der Waals surface area (Å²) in [7, 11) is 1.80. The highest BCUT2D eigenvalue weighted by atomic mass is 19.1. The lowest BCUT2D eigenvalue weighted by molar-refractivity contribution is 0.487. The summed E-state index contributed by atoms with van der Waals surface area (Å²) in [5.74, 6) is -0.220. The molecular formula is C19H16FN7O. The van der Waals surface area contributed by atoms with Gasteiger partial charge in [0.15, 0.2) is 0 Å². The number of aryl methyl sites for hydroxylation is 1. The Bertz CT molecular complexity index is 1230. The first kappa shape index (κ1) is 16.6. The van der Waals surface area contributed by atoms with Gasteiger partial charge in [-0.2, -0.15) is 10.2 Å². The van der Waals surface area contributed by atoms with E-state index in [4.69, 9.17) is 0 Å². The number of nitrogens with one attached hydrogen (secondary N) is 3. The van der Waals surface area contributed by atoms with Crippen molar-refractivity contribution in [3.8, 4) is 0 Å². The number of H-pyrrole nitrogens is 1. The van der Waals surface area contributed by atoms with Crippen molar-refractivity contribution in [2.24, 2.45) is 7.05 Å². The molecule has 2 aromatic heterocycles. The third-order valence-corrected chi connectivity index (χ3v) is 5.06. The van der Waals surface area contributed by atoms with Crippen LogP contribution in [0.3, 0.4) is 0 Å². The molecule has 3 N–H and O–H groups in total. The van der Waals surface area contributed by atoms with Gasteiger partial charge in [-0.1, -0.05) is 30.3 Å². The minimum Gasteiger partial charge on any atom is -0.320 e. The highest BCUT2D eigenvalue weighted by Crippen LogP contribution is 2.41. The molecule has 140 valence electrons. The summed E-state index contributed by atoms with van der Waals surface area (Å²) in [4.78, 5) is 16.8. The minimum atomic E-state index is -0.507. The van der Waals surface area contributed by atoms with Crippen LogP contribution in [-0.2, 0) is 7.05 Å². The average molecular weight is 377 g/mol. The van der Waals surface area contributed by atoms with Crippen LogP contribution in [0.1, 0.15) is 29.0 Å². The largest absolute Gasteiger partial charge is 0.320 e.